The Bertz CT molecular complexity index is 953. The summed E-state index contributed by atoms with van der Waals surface area (Å²) in [6.45, 7) is 4.89. The van der Waals surface area contributed by atoms with E-state index in [0.29, 0.717) is 6.61 Å². The van der Waals surface area contributed by atoms with Crippen molar-refractivity contribution in [2.45, 2.75) is 51.0 Å². The van der Waals surface area contributed by atoms with Crippen molar-refractivity contribution in [3.63, 3.8) is 0 Å². The number of carbonyl (C=O) groups is 2. The highest BCUT2D eigenvalue weighted by atomic mass is 19.4. The van der Waals surface area contributed by atoms with Gasteiger partial charge in [0, 0.05) is 50.5 Å². The monoisotopic (exact) mass is 525 g/mol. The first-order valence-corrected chi connectivity index (χ1v) is 10.7. The molecule has 8 nitrogen and oxygen atoms in total. The minimum Gasteiger partial charge on any atom is -0.475 e. The lowest BCUT2D eigenvalue weighted by atomic mass is 10.2. The van der Waals surface area contributed by atoms with Crippen LogP contribution in [-0.4, -0.2) is 68.1 Å². The smallest absolute Gasteiger partial charge is 0.475 e. The van der Waals surface area contributed by atoms with Gasteiger partial charge in [-0.3, -0.25) is 9.88 Å². The Balaban J connectivity index is 0.000000271. The fraction of sp³-hybridized carbons (Fsp3) is 0.500. The van der Waals surface area contributed by atoms with Crippen molar-refractivity contribution in [3.05, 3.63) is 54.1 Å². The van der Waals surface area contributed by atoms with Crippen LogP contribution in [-0.2, 0) is 34.0 Å². The first kappa shape index (κ1) is 29.1. The Hall–Kier alpha value is -3.13. The standard InChI is InChI=1S/C18H23N3O.2C2HF3O2/c1-3-16(9-19-7-1)14-22-18-12-20(10-15-5-6-15)11-17-4-2-8-21(17)13-18;2*3-2(4,5)1(6)7/h1-4,7-9,15,18H,5-6,10-14H2;2*(H,6,7). The number of nitrogens with zero attached hydrogens (tertiary/aromatic N) is 3. The van der Waals surface area contributed by atoms with Gasteiger partial charge in [-0.2, -0.15) is 26.3 Å². The SMILES string of the molecule is O=C(O)C(F)(F)F.O=C(O)C(F)(F)F.c1cncc(COC2CN(CC3CC3)Cc3cccn3C2)c1. The Kier molecular flexibility index (Phi) is 10.3. The zero-order chi connectivity index (χ0) is 26.9. The van der Waals surface area contributed by atoms with E-state index in [4.69, 9.17) is 24.5 Å². The summed E-state index contributed by atoms with van der Waals surface area (Å²) in [6, 6.07) is 8.43. The van der Waals surface area contributed by atoms with Crippen LogP contribution in [0.4, 0.5) is 26.3 Å². The fourth-order valence-electron chi connectivity index (χ4n) is 3.24. The number of ether oxygens (including phenoxy) is 1. The number of hydrogen-bond donors (Lipinski definition) is 2. The van der Waals surface area contributed by atoms with Crippen LogP contribution < -0.4 is 0 Å². The number of halogens is 6. The van der Waals surface area contributed by atoms with Crippen LogP contribution in [0.3, 0.4) is 0 Å². The average Bonchev–Trinajstić information content (AvgIpc) is 3.53. The maximum atomic E-state index is 10.6. The number of alkyl halides is 6. The van der Waals surface area contributed by atoms with Gasteiger partial charge in [0.25, 0.3) is 0 Å². The van der Waals surface area contributed by atoms with Gasteiger partial charge in [-0.1, -0.05) is 6.07 Å². The van der Waals surface area contributed by atoms with E-state index in [9.17, 15) is 26.3 Å². The minimum atomic E-state index is -5.08. The molecule has 1 unspecified atom stereocenters. The van der Waals surface area contributed by atoms with Crippen LogP contribution in [0.1, 0.15) is 24.1 Å². The highest BCUT2D eigenvalue weighted by Gasteiger charge is 2.38. The molecule has 1 saturated carbocycles. The van der Waals surface area contributed by atoms with Gasteiger partial charge in [-0.15, -0.1) is 0 Å². The molecule has 1 aliphatic carbocycles. The molecule has 1 fully saturated rings. The third-order valence-electron chi connectivity index (χ3n) is 5.08. The Morgan fingerprint density at radius 3 is 2.11 bits per heavy atom. The number of carboxylic acid groups (broad SMARTS) is 2. The molecule has 14 heteroatoms. The van der Waals surface area contributed by atoms with Gasteiger partial charge in [0.15, 0.2) is 0 Å². The molecule has 1 aliphatic heterocycles. The zero-order valence-electron chi connectivity index (χ0n) is 18.9. The number of hydrogen-bond acceptors (Lipinski definition) is 5. The molecule has 200 valence electrons. The molecule has 0 bridgehead atoms. The largest absolute Gasteiger partial charge is 0.490 e. The summed E-state index contributed by atoms with van der Waals surface area (Å²) < 4.78 is 72.0. The van der Waals surface area contributed by atoms with Gasteiger partial charge in [-0.05, 0) is 42.5 Å². The highest BCUT2D eigenvalue weighted by Crippen LogP contribution is 2.31. The number of aromatic nitrogens is 2. The van der Waals surface area contributed by atoms with Crippen molar-refractivity contribution in [1.29, 1.82) is 0 Å². The molecule has 2 N–H and O–H groups in total. The predicted octanol–water partition coefficient (Wildman–Crippen LogP) is 3.96. The average molecular weight is 525 g/mol. The van der Waals surface area contributed by atoms with Crippen LogP contribution in [0.15, 0.2) is 42.9 Å². The number of aliphatic carboxylic acids is 2. The lowest BCUT2D eigenvalue weighted by molar-refractivity contribution is -0.193. The van der Waals surface area contributed by atoms with Crippen LogP contribution in [0.5, 0.6) is 0 Å². The molecule has 0 aromatic carbocycles. The van der Waals surface area contributed by atoms with Gasteiger partial charge >= 0.3 is 24.3 Å². The molecule has 0 saturated heterocycles. The molecule has 36 heavy (non-hydrogen) atoms. The van der Waals surface area contributed by atoms with Gasteiger partial charge in [-0.25, -0.2) is 9.59 Å². The molecular weight excluding hydrogens is 500 g/mol. The number of carboxylic acids is 2. The van der Waals surface area contributed by atoms with Crippen LogP contribution >= 0.6 is 0 Å². The van der Waals surface area contributed by atoms with E-state index < -0.39 is 24.3 Å². The summed E-state index contributed by atoms with van der Waals surface area (Å²) in [5, 5.41) is 14.2. The van der Waals surface area contributed by atoms with E-state index in [1.165, 1.54) is 25.1 Å². The van der Waals surface area contributed by atoms with Crippen LogP contribution in [0, 0.1) is 5.92 Å². The van der Waals surface area contributed by atoms with Crippen molar-refractivity contribution < 1.29 is 50.9 Å². The van der Waals surface area contributed by atoms with Crippen molar-refractivity contribution in [3.8, 4) is 0 Å². The van der Waals surface area contributed by atoms with E-state index in [1.807, 2.05) is 12.3 Å². The van der Waals surface area contributed by atoms with E-state index in [2.05, 4.69) is 38.8 Å². The van der Waals surface area contributed by atoms with Crippen LogP contribution in [0.2, 0.25) is 0 Å². The predicted molar refractivity (Wildman–Crippen MR) is 113 cm³/mol. The first-order valence-electron chi connectivity index (χ1n) is 10.7. The maximum Gasteiger partial charge on any atom is 0.490 e. The number of rotatable bonds is 5. The molecule has 3 heterocycles. The topological polar surface area (TPSA) is 105 Å². The minimum absolute atomic E-state index is 0.243. The van der Waals surface area contributed by atoms with Crippen molar-refractivity contribution >= 4 is 11.9 Å². The lowest BCUT2D eigenvalue weighted by Crippen LogP contribution is -2.34. The molecule has 2 aliphatic rings. The molecular formula is C22H25F6N3O5. The zero-order valence-corrected chi connectivity index (χ0v) is 18.9. The molecule has 2 aromatic heterocycles. The second-order valence-electron chi connectivity index (χ2n) is 8.19. The Morgan fingerprint density at radius 1 is 1.00 bits per heavy atom. The molecule has 2 aromatic rings. The maximum absolute atomic E-state index is 10.6. The summed E-state index contributed by atoms with van der Waals surface area (Å²) in [7, 11) is 0. The van der Waals surface area contributed by atoms with E-state index in [1.54, 1.807) is 6.20 Å². The molecule has 0 spiro atoms. The van der Waals surface area contributed by atoms with E-state index in [-0.39, 0.29) is 6.10 Å². The second kappa shape index (κ2) is 12.7. The van der Waals surface area contributed by atoms with Crippen molar-refractivity contribution in [1.82, 2.24) is 14.5 Å². The molecule has 4 rings (SSSR count). The van der Waals surface area contributed by atoms with Gasteiger partial charge in [0.1, 0.15) is 0 Å². The highest BCUT2D eigenvalue weighted by molar-refractivity contribution is 5.73. The normalized spacial score (nSPS) is 18.0. The Labute approximate surface area is 202 Å². The van der Waals surface area contributed by atoms with Crippen molar-refractivity contribution in [2.75, 3.05) is 13.1 Å². The third kappa shape index (κ3) is 10.6. The first-order chi connectivity index (χ1) is 16.8. The summed E-state index contributed by atoms with van der Waals surface area (Å²) in [4.78, 5) is 24.5. The molecule has 0 amide bonds. The van der Waals surface area contributed by atoms with Crippen LogP contribution in [0.25, 0.3) is 0 Å². The van der Waals surface area contributed by atoms with E-state index >= 15 is 0 Å². The van der Waals surface area contributed by atoms with E-state index in [0.717, 1.165) is 31.1 Å². The van der Waals surface area contributed by atoms with Gasteiger partial charge < -0.3 is 19.5 Å². The summed E-state index contributed by atoms with van der Waals surface area (Å²) >= 11 is 0. The third-order valence-corrected chi connectivity index (χ3v) is 5.08. The second-order valence-corrected chi connectivity index (χ2v) is 8.19. The summed E-state index contributed by atoms with van der Waals surface area (Å²) in [5.41, 5.74) is 2.56. The number of pyridine rings is 1. The van der Waals surface area contributed by atoms with Crippen molar-refractivity contribution in [2.24, 2.45) is 5.92 Å². The Morgan fingerprint density at radius 2 is 1.61 bits per heavy atom. The summed E-state index contributed by atoms with van der Waals surface area (Å²) in [6.07, 6.45) is -1.25. The molecule has 0 radical (unpaired) electrons. The van der Waals surface area contributed by atoms with Gasteiger partial charge in [0.05, 0.1) is 12.7 Å². The fourth-order valence-corrected chi connectivity index (χ4v) is 3.24. The summed E-state index contributed by atoms with van der Waals surface area (Å²) in [5.74, 6) is -4.60. The number of fused-ring (bicyclic) bond motifs is 1. The quantitative estimate of drug-likeness (QED) is 0.570. The van der Waals surface area contributed by atoms with Gasteiger partial charge in [0.2, 0.25) is 0 Å². The lowest BCUT2D eigenvalue weighted by Gasteiger charge is -2.24. The molecule has 1 atom stereocenters.